The van der Waals surface area contributed by atoms with E-state index in [0.717, 1.165) is 35.6 Å². The first-order chi connectivity index (χ1) is 16.5. The predicted molar refractivity (Wildman–Crippen MR) is 112 cm³/mol. The van der Waals surface area contributed by atoms with Gasteiger partial charge in [0, 0.05) is 21.5 Å². The van der Waals surface area contributed by atoms with E-state index in [2.05, 4.69) is 19.5 Å². The molecule has 6 nitrogen and oxygen atoms in total. The maximum atomic E-state index is 12.7. The molecule has 0 amide bonds. The lowest BCUT2D eigenvalue weighted by Gasteiger charge is -2.08. The monoisotopic (exact) mass is 504 g/mol. The summed E-state index contributed by atoms with van der Waals surface area (Å²) in [6.45, 7) is 0. The van der Waals surface area contributed by atoms with Gasteiger partial charge in [-0.05, 0) is 47.2 Å². The molecule has 0 fully saturated rings. The molecule has 1 aromatic heterocycles. The van der Waals surface area contributed by atoms with E-state index in [9.17, 15) is 36.9 Å². The summed E-state index contributed by atoms with van der Waals surface area (Å²) in [4.78, 5) is 7.57. The first-order valence-electron chi connectivity index (χ1n) is 9.43. The third kappa shape index (κ3) is 3.76. The highest BCUT2D eigenvalue weighted by atomic mass is 32.1. The van der Waals surface area contributed by atoms with Crippen LogP contribution in [-0.4, -0.2) is 12.7 Å². The lowest BCUT2D eigenvalue weighted by atomic mass is 10.1. The molecule has 13 heteroatoms. The van der Waals surface area contributed by atoms with Crippen molar-refractivity contribution >= 4 is 53.1 Å². The number of rotatable bonds is 2. The molecule has 0 unspecified atom stereocenters. The van der Waals surface area contributed by atoms with Crippen LogP contribution in [-0.2, 0) is 0 Å². The van der Waals surface area contributed by atoms with Gasteiger partial charge in [-0.1, -0.05) is 0 Å². The van der Waals surface area contributed by atoms with E-state index in [1.165, 1.54) is 12.1 Å². The van der Waals surface area contributed by atoms with E-state index in [1.807, 2.05) is 0 Å². The number of ether oxygens (including phenoxy) is 2. The van der Waals surface area contributed by atoms with Gasteiger partial charge in [0.05, 0.1) is 9.40 Å². The fourth-order valence-electron chi connectivity index (χ4n) is 4.11. The minimum atomic E-state index is -4.93. The van der Waals surface area contributed by atoms with Gasteiger partial charge in [-0.3, -0.25) is 0 Å². The van der Waals surface area contributed by atoms with Gasteiger partial charge in [0.1, 0.15) is 22.2 Å². The summed E-state index contributed by atoms with van der Waals surface area (Å²) in [6, 6.07) is 7.19. The van der Waals surface area contributed by atoms with Crippen LogP contribution in [0.2, 0.25) is 0 Å². The second kappa shape index (κ2) is 7.58. The third-order valence-electron chi connectivity index (χ3n) is 5.16. The van der Waals surface area contributed by atoms with Crippen molar-refractivity contribution in [1.82, 2.24) is 0 Å². The molecule has 0 saturated heterocycles. The molecule has 0 spiro atoms. The van der Waals surface area contributed by atoms with Gasteiger partial charge >= 0.3 is 12.7 Å². The van der Waals surface area contributed by atoms with Gasteiger partial charge in [0.25, 0.3) is 0 Å². The summed E-state index contributed by atoms with van der Waals surface area (Å²) in [7, 11) is 0. The Morgan fingerprint density at radius 3 is 1.40 bits per heavy atom. The first kappa shape index (κ1) is 22.4. The van der Waals surface area contributed by atoms with Crippen molar-refractivity contribution in [3.8, 4) is 23.9 Å². The number of hydrogen-bond acceptors (Lipinski definition) is 7. The Morgan fingerprint density at radius 1 is 0.657 bits per heavy atom. The van der Waals surface area contributed by atoms with E-state index >= 15 is 0 Å². The third-order valence-corrected chi connectivity index (χ3v) is 6.36. The van der Waals surface area contributed by atoms with Gasteiger partial charge in [-0.2, -0.15) is 20.5 Å². The van der Waals surface area contributed by atoms with Crippen molar-refractivity contribution in [3.05, 3.63) is 47.1 Å². The summed E-state index contributed by atoms with van der Waals surface area (Å²) in [5, 5.41) is 21.0. The molecule has 174 valence electrons. The fourth-order valence-corrected chi connectivity index (χ4v) is 5.45. The molecule has 5 rings (SSSR count). The molecular weight excluding hydrogens is 498 g/mol. The second-order valence-corrected chi connectivity index (χ2v) is 8.16. The molecule has 1 heterocycles. The largest absolute Gasteiger partial charge is 0.573 e. The molecule has 5 aromatic rings. The van der Waals surface area contributed by atoms with Crippen molar-refractivity contribution in [1.29, 1.82) is 10.5 Å². The van der Waals surface area contributed by atoms with Crippen molar-refractivity contribution in [2.45, 2.75) is 12.7 Å². The number of benzene rings is 2. The second-order valence-electron chi connectivity index (χ2n) is 7.14. The number of alkyl halides is 6. The highest BCUT2D eigenvalue weighted by molar-refractivity contribution is 7.26. The van der Waals surface area contributed by atoms with Crippen LogP contribution in [0, 0.1) is 22.9 Å². The Kier molecular flexibility index (Phi) is 4.86. The molecule has 0 N–H and O–H groups in total. The predicted octanol–water partition coefficient (Wildman–Crippen LogP) is 5.80. The summed E-state index contributed by atoms with van der Waals surface area (Å²) in [5.74, 6) is -1.01. The van der Waals surface area contributed by atoms with E-state index in [0.29, 0.717) is 30.9 Å². The minimum Gasteiger partial charge on any atom is -0.406 e. The Labute approximate surface area is 193 Å². The smallest absolute Gasteiger partial charge is 0.406 e. The Balaban J connectivity index is 1.90. The van der Waals surface area contributed by atoms with Gasteiger partial charge in [-0.15, -0.1) is 37.7 Å². The van der Waals surface area contributed by atoms with Crippen LogP contribution in [0.15, 0.2) is 46.4 Å². The molecule has 0 saturated carbocycles. The summed E-state index contributed by atoms with van der Waals surface area (Å²) in [5.41, 5.74) is 0. The average Bonchev–Trinajstić information content (AvgIpc) is 3.34. The van der Waals surface area contributed by atoms with Crippen molar-refractivity contribution in [3.63, 3.8) is 0 Å². The van der Waals surface area contributed by atoms with E-state index < -0.39 is 24.2 Å². The summed E-state index contributed by atoms with van der Waals surface area (Å²) < 4.78 is 85.2. The van der Waals surface area contributed by atoms with Crippen molar-refractivity contribution < 1.29 is 35.8 Å². The van der Waals surface area contributed by atoms with Gasteiger partial charge < -0.3 is 9.47 Å². The zero-order valence-corrected chi connectivity index (χ0v) is 17.6. The average molecular weight is 504 g/mol. The highest BCUT2D eigenvalue weighted by Gasteiger charge is 2.32. The number of halogens is 6. The normalized spacial score (nSPS) is 13.7. The summed E-state index contributed by atoms with van der Waals surface area (Å²) >= 11 is 1.07. The van der Waals surface area contributed by atoms with E-state index in [1.54, 1.807) is 12.4 Å². The van der Waals surface area contributed by atoms with Gasteiger partial charge in [0.2, 0.25) is 12.4 Å². The lowest BCUT2D eigenvalue weighted by Crippen LogP contribution is -2.17. The number of nitriles is 2. The lowest BCUT2D eigenvalue weighted by molar-refractivity contribution is -0.275. The Morgan fingerprint density at radius 2 is 1.06 bits per heavy atom. The molecule has 0 aliphatic heterocycles. The SMILES string of the molecule is N#C/N=c1/c2cc(OC(F)(F)F)ccc2c2c1sc1/c(=N/C#N)c3cc(OC(F)(F)F)ccc3c12. The van der Waals surface area contributed by atoms with E-state index in [-0.39, 0.29) is 21.5 Å². The minimum absolute atomic E-state index is 0.111. The van der Waals surface area contributed by atoms with Gasteiger partial charge in [0.15, 0.2) is 0 Å². The first-order valence-corrected chi connectivity index (χ1v) is 10.2. The molecule has 0 aliphatic rings. The number of nitrogens with zero attached hydrogens (tertiary/aromatic N) is 4. The van der Waals surface area contributed by atoms with Crippen LogP contribution >= 0.6 is 11.3 Å². The number of hydrogen-bond donors (Lipinski definition) is 0. The van der Waals surface area contributed by atoms with Crippen molar-refractivity contribution in [2.75, 3.05) is 0 Å². The Hall–Kier alpha value is -4.36. The van der Waals surface area contributed by atoms with Crippen LogP contribution < -0.4 is 20.2 Å². The summed E-state index contributed by atoms with van der Waals surface area (Å²) in [6.07, 6.45) is -6.59. The van der Waals surface area contributed by atoms with Crippen LogP contribution in [0.3, 0.4) is 0 Å². The maximum absolute atomic E-state index is 12.7. The molecule has 4 aromatic carbocycles. The van der Waals surface area contributed by atoms with Gasteiger partial charge in [-0.25, -0.2) is 0 Å². The van der Waals surface area contributed by atoms with Crippen LogP contribution in [0.4, 0.5) is 26.3 Å². The fraction of sp³-hybridized carbons (Fsp3) is 0.0909. The molecule has 0 atom stereocenters. The van der Waals surface area contributed by atoms with Crippen LogP contribution in [0.25, 0.3) is 41.7 Å². The standard InChI is InChI=1S/C22H6F6N4O2S/c23-21(24,25)33-9-1-3-11-13(5-9)17(31-7-29)19-15(11)16-12-4-2-10(34-22(26,27)28)6-14(12)18(32-8-30)20(16)35-19/h1-6H/b31-17-,32-18+. The molecule has 0 aliphatic carbocycles. The van der Waals surface area contributed by atoms with Crippen molar-refractivity contribution in [2.24, 2.45) is 9.98 Å². The molecule has 0 radical (unpaired) electrons. The molecule has 35 heavy (non-hydrogen) atoms. The van der Waals surface area contributed by atoms with E-state index in [4.69, 9.17) is 0 Å². The Bertz CT molecular complexity index is 1730. The quantitative estimate of drug-likeness (QED) is 0.225. The molecular formula is C22H6F6N4O2S. The number of fused-ring (bicyclic) bond motifs is 7. The zero-order valence-electron chi connectivity index (χ0n) is 16.7. The zero-order chi connectivity index (χ0) is 25.1. The highest BCUT2D eigenvalue weighted by Crippen LogP contribution is 2.43. The van der Waals surface area contributed by atoms with Crippen LogP contribution in [0.5, 0.6) is 11.5 Å². The maximum Gasteiger partial charge on any atom is 0.573 e. The topological polar surface area (TPSA) is 90.8 Å². The number of thiophene rings is 1. The van der Waals surface area contributed by atoms with Crippen LogP contribution in [0.1, 0.15) is 0 Å². The molecule has 0 bridgehead atoms.